The van der Waals surface area contributed by atoms with E-state index in [1.54, 1.807) is 13.3 Å². The molecule has 0 spiro atoms. The highest BCUT2D eigenvalue weighted by molar-refractivity contribution is 5.95. The average molecular weight is 381 g/mol. The SMILES string of the molecule is CCNC(=NCc1ccc(OC)nc1)NCc1ccc(N2CCCC2=O)cc1. The molecule has 1 amide bonds. The van der Waals surface area contributed by atoms with Crippen LogP contribution >= 0.6 is 0 Å². The van der Waals surface area contributed by atoms with Gasteiger partial charge < -0.3 is 20.3 Å². The third-order valence-electron chi connectivity index (χ3n) is 4.55. The number of benzene rings is 1. The van der Waals surface area contributed by atoms with Crippen molar-refractivity contribution in [2.45, 2.75) is 32.9 Å². The summed E-state index contributed by atoms with van der Waals surface area (Å²) in [4.78, 5) is 22.5. The second-order valence-electron chi connectivity index (χ2n) is 6.57. The number of rotatable bonds is 7. The fourth-order valence-corrected chi connectivity index (χ4v) is 3.04. The lowest BCUT2D eigenvalue weighted by molar-refractivity contribution is -0.117. The van der Waals surface area contributed by atoms with Gasteiger partial charge in [0.1, 0.15) is 0 Å². The number of carbonyl (C=O) groups is 1. The van der Waals surface area contributed by atoms with Crippen molar-refractivity contribution in [3.63, 3.8) is 0 Å². The van der Waals surface area contributed by atoms with Crippen molar-refractivity contribution < 1.29 is 9.53 Å². The zero-order valence-electron chi connectivity index (χ0n) is 16.4. The van der Waals surface area contributed by atoms with Crippen LogP contribution in [-0.4, -0.2) is 37.1 Å². The van der Waals surface area contributed by atoms with Crippen LogP contribution in [-0.2, 0) is 17.9 Å². The molecule has 1 aromatic carbocycles. The molecule has 0 unspecified atom stereocenters. The topological polar surface area (TPSA) is 78.9 Å². The second kappa shape index (κ2) is 9.73. The molecule has 0 atom stereocenters. The molecule has 1 saturated heterocycles. The number of carbonyl (C=O) groups excluding carboxylic acids is 1. The van der Waals surface area contributed by atoms with Gasteiger partial charge in [-0.25, -0.2) is 9.98 Å². The molecular weight excluding hydrogens is 354 g/mol. The minimum Gasteiger partial charge on any atom is -0.481 e. The zero-order chi connectivity index (χ0) is 19.8. The molecule has 1 aliphatic heterocycles. The molecular formula is C21H27N5O2. The summed E-state index contributed by atoms with van der Waals surface area (Å²) in [6.07, 6.45) is 3.36. The maximum Gasteiger partial charge on any atom is 0.227 e. The molecule has 2 N–H and O–H groups in total. The molecule has 148 valence electrons. The minimum absolute atomic E-state index is 0.209. The first-order valence-electron chi connectivity index (χ1n) is 9.60. The van der Waals surface area contributed by atoms with Crippen molar-refractivity contribution in [2.24, 2.45) is 4.99 Å². The van der Waals surface area contributed by atoms with Crippen molar-refractivity contribution >= 4 is 17.6 Å². The van der Waals surface area contributed by atoms with Crippen LogP contribution in [0, 0.1) is 0 Å². The van der Waals surface area contributed by atoms with Gasteiger partial charge >= 0.3 is 0 Å². The fourth-order valence-electron chi connectivity index (χ4n) is 3.04. The minimum atomic E-state index is 0.209. The molecule has 1 fully saturated rings. The van der Waals surface area contributed by atoms with E-state index in [1.165, 1.54) is 0 Å². The maximum absolute atomic E-state index is 11.8. The van der Waals surface area contributed by atoms with Gasteiger partial charge in [-0.15, -0.1) is 0 Å². The van der Waals surface area contributed by atoms with Crippen molar-refractivity contribution in [2.75, 3.05) is 25.1 Å². The van der Waals surface area contributed by atoms with Crippen LogP contribution in [0.3, 0.4) is 0 Å². The molecule has 2 aromatic rings. The van der Waals surface area contributed by atoms with Gasteiger partial charge in [0.25, 0.3) is 0 Å². The quantitative estimate of drug-likeness (QED) is 0.569. The molecule has 3 rings (SSSR count). The Labute approximate surface area is 165 Å². The number of hydrogen-bond acceptors (Lipinski definition) is 4. The standard InChI is InChI=1S/C21H27N5O2/c1-3-22-21(25-15-17-8-11-19(28-2)23-14-17)24-13-16-6-9-18(10-7-16)26-12-4-5-20(26)27/h6-11,14H,3-5,12-13,15H2,1-2H3,(H2,22,24,25). The summed E-state index contributed by atoms with van der Waals surface area (Å²) in [7, 11) is 1.60. The summed E-state index contributed by atoms with van der Waals surface area (Å²) in [6, 6.07) is 11.9. The number of ether oxygens (including phenoxy) is 1. The first-order valence-corrected chi connectivity index (χ1v) is 9.60. The summed E-state index contributed by atoms with van der Waals surface area (Å²) in [5, 5.41) is 6.59. The zero-order valence-corrected chi connectivity index (χ0v) is 16.4. The highest BCUT2D eigenvalue weighted by Crippen LogP contribution is 2.21. The summed E-state index contributed by atoms with van der Waals surface area (Å²) >= 11 is 0. The lowest BCUT2D eigenvalue weighted by Gasteiger charge is -2.16. The van der Waals surface area contributed by atoms with Crippen molar-refractivity contribution in [1.29, 1.82) is 0 Å². The van der Waals surface area contributed by atoms with Gasteiger partial charge in [0, 0.05) is 44.0 Å². The van der Waals surface area contributed by atoms with Crippen LogP contribution in [0.15, 0.2) is 47.6 Å². The number of guanidine groups is 1. The number of nitrogens with one attached hydrogen (secondary N) is 2. The summed E-state index contributed by atoms with van der Waals surface area (Å²) in [5.74, 6) is 1.55. The number of methoxy groups -OCH3 is 1. The molecule has 0 saturated carbocycles. The van der Waals surface area contributed by atoms with E-state index in [-0.39, 0.29) is 5.91 Å². The predicted octanol–water partition coefficient (Wildman–Crippen LogP) is 2.47. The van der Waals surface area contributed by atoms with Gasteiger partial charge in [-0.2, -0.15) is 0 Å². The smallest absolute Gasteiger partial charge is 0.227 e. The van der Waals surface area contributed by atoms with E-state index in [4.69, 9.17) is 4.74 Å². The van der Waals surface area contributed by atoms with Crippen LogP contribution in [0.5, 0.6) is 5.88 Å². The van der Waals surface area contributed by atoms with Crippen molar-refractivity contribution in [3.05, 3.63) is 53.7 Å². The molecule has 0 radical (unpaired) electrons. The molecule has 7 nitrogen and oxygen atoms in total. The lowest BCUT2D eigenvalue weighted by Crippen LogP contribution is -2.36. The number of anilines is 1. The van der Waals surface area contributed by atoms with E-state index < -0.39 is 0 Å². The average Bonchev–Trinajstić information content (AvgIpc) is 3.16. The monoisotopic (exact) mass is 381 g/mol. The van der Waals surface area contributed by atoms with Gasteiger partial charge in [-0.3, -0.25) is 4.79 Å². The normalized spacial score (nSPS) is 14.3. The summed E-state index contributed by atoms with van der Waals surface area (Å²) < 4.78 is 5.07. The number of pyridine rings is 1. The first kappa shape index (κ1) is 19.7. The highest BCUT2D eigenvalue weighted by Gasteiger charge is 2.21. The van der Waals surface area contributed by atoms with Gasteiger partial charge in [0.05, 0.1) is 13.7 Å². The number of amides is 1. The second-order valence-corrected chi connectivity index (χ2v) is 6.57. The number of hydrogen-bond donors (Lipinski definition) is 2. The Bertz CT molecular complexity index is 803. The van der Waals surface area contributed by atoms with Crippen LogP contribution in [0.4, 0.5) is 5.69 Å². The Morgan fingerprint density at radius 3 is 2.57 bits per heavy atom. The summed E-state index contributed by atoms with van der Waals surface area (Å²) in [5.41, 5.74) is 3.11. The molecule has 1 aromatic heterocycles. The Morgan fingerprint density at radius 2 is 1.96 bits per heavy atom. The third-order valence-corrected chi connectivity index (χ3v) is 4.55. The molecule has 2 heterocycles. The van der Waals surface area contributed by atoms with Gasteiger partial charge in [-0.1, -0.05) is 18.2 Å². The maximum atomic E-state index is 11.8. The van der Waals surface area contributed by atoms with Crippen LogP contribution in [0.25, 0.3) is 0 Å². The lowest BCUT2D eigenvalue weighted by atomic mass is 10.2. The fraction of sp³-hybridized carbons (Fsp3) is 0.381. The van der Waals surface area contributed by atoms with Gasteiger partial charge in [0.2, 0.25) is 11.8 Å². The van der Waals surface area contributed by atoms with Crippen LogP contribution in [0.2, 0.25) is 0 Å². The molecule has 0 bridgehead atoms. The third kappa shape index (κ3) is 5.22. The van der Waals surface area contributed by atoms with Crippen LogP contribution < -0.4 is 20.3 Å². The summed E-state index contributed by atoms with van der Waals surface area (Å²) in [6.45, 7) is 4.81. The number of aliphatic imine (C=N–C) groups is 1. The Kier molecular flexibility index (Phi) is 6.84. The van der Waals surface area contributed by atoms with E-state index >= 15 is 0 Å². The van der Waals surface area contributed by atoms with E-state index in [0.717, 1.165) is 42.3 Å². The van der Waals surface area contributed by atoms with Crippen LogP contribution in [0.1, 0.15) is 30.9 Å². The number of aromatic nitrogens is 1. The molecule has 1 aliphatic rings. The van der Waals surface area contributed by atoms with Gasteiger partial charge in [0.15, 0.2) is 5.96 Å². The first-order chi connectivity index (χ1) is 13.7. The van der Waals surface area contributed by atoms with E-state index in [1.807, 2.05) is 48.2 Å². The molecule has 0 aliphatic carbocycles. The van der Waals surface area contributed by atoms with E-state index in [9.17, 15) is 4.79 Å². The van der Waals surface area contributed by atoms with E-state index in [0.29, 0.717) is 25.4 Å². The highest BCUT2D eigenvalue weighted by atomic mass is 16.5. The Balaban J connectivity index is 1.57. The van der Waals surface area contributed by atoms with Gasteiger partial charge in [-0.05, 0) is 36.6 Å². The Morgan fingerprint density at radius 1 is 1.18 bits per heavy atom. The van der Waals surface area contributed by atoms with Crippen molar-refractivity contribution in [3.8, 4) is 5.88 Å². The Hall–Kier alpha value is -3.09. The largest absolute Gasteiger partial charge is 0.481 e. The predicted molar refractivity (Wildman–Crippen MR) is 110 cm³/mol. The van der Waals surface area contributed by atoms with E-state index in [2.05, 4.69) is 20.6 Å². The number of nitrogens with zero attached hydrogens (tertiary/aromatic N) is 3. The molecule has 28 heavy (non-hydrogen) atoms. The van der Waals surface area contributed by atoms with Crippen molar-refractivity contribution in [1.82, 2.24) is 15.6 Å². The molecule has 7 heteroatoms.